The molecule has 18 heavy (non-hydrogen) atoms. The molecule has 0 aliphatic heterocycles. The van der Waals surface area contributed by atoms with Crippen molar-refractivity contribution in [2.45, 2.75) is 6.92 Å². The number of carbonyl (C=O) groups is 1. The van der Waals surface area contributed by atoms with Crippen LogP contribution < -0.4 is 4.74 Å². The minimum Gasteiger partial charge on any atom is -0.496 e. The fourth-order valence-electron chi connectivity index (χ4n) is 1.61. The summed E-state index contributed by atoms with van der Waals surface area (Å²) in [6, 6.07) is 5.34. The van der Waals surface area contributed by atoms with Gasteiger partial charge in [0.2, 0.25) is 0 Å². The number of carboxylic acids is 1. The van der Waals surface area contributed by atoms with E-state index in [1.54, 1.807) is 32.2 Å². The maximum atomic E-state index is 10.9. The third-order valence-corrected chi connectivity index (χ3v) is 3.16. The Kier molecular flexibility index (Phi) is 3.38. The van der Waals surface area contributed by atoms with Gasteiger partial charge in [-0.25, -0.2) is 4.79 Å². The largest absolute Gasteiger partial charge is 0.496 e. The molecule has 0 atom stereocenters. The molecule has 0 saturated heterocycles. The number of hydrogen-bond donors (Lipinski definition) is 1. The highest BCUT2D eigenvalue weighted by Gasteiger charge is 2.19. The van der Waals surface area contributed by atoms with E-state index >= 15 is 0 Å². The molecule has 1 aromatic carbocycles. The molecule has 0 unspecified atom stereocenters. The molecule has 0 fully saturated rings. The lowest BCUT2D eigenvalue weighted by Gasteiger charge is -2.04. The second-order valence-corrected chi connectivity index (χ2v) is 4.49. The van der Waals surface area contributed by atoms with Crippen LogP contribution in [0.4, 0.5) is 0 Å². The van der Waals surface area contributed by atoms with Gasteiger partial charge in [0.25, 0.3) is 0 Å². The summed E-state index contributed by atoms with van der Waals surface area (Å²) in [7, 11) is 1.57. The highest BCUT2D eigenvalue weighted by molar-refractivity contribution is 9.10. The van der Waals surface area contributed by atoms with Crippen molar-refractivity contribution in [1.29, 1.82) is 0 Å². The van der Waals surface area contributed by atoms with Gasteiger partial charge in [-0.2, -0.15) is 0 Å². The van der Waals surface area contributed by atoms with Crippen LogP contribution in [0.25, 0.3) is 11.3 Å². The van der Waals surface area contributed by atoms with E-state index in [0.717, 1.165) is 10.0 Å². The number of ether oxygens (including phenoxy) is 1. The van der Waals surface area contributed by atoms with Crippen molar-refractivity contribution in [3.63, 3.8) is 0 Å². The van der Waals surface area contributed by atoms with E-state index in [1.165, 1.54) is 0 Å². The first-order chi connectivity index (χ1) is 8.54. The maximum absolute atomic E-state index is 10.9. The average Bonchev–Trinajstić information content (AvgIpc) is 2.71. The third-order valence-electron chi connectivity index (χ3n) is 2.54. The topological polar surface area (TPSA) is 72.6 Å². The molecule has 0 spiro atoms. The molecule has 0 saturated carbocycles. The normalized spacial score (nSPS) is 10.4. The first-order valence-corrected chi connectivity index (χ1v) is 5.87. The SMILES string of the molecule is COc1ccc(-c2onc(C(=O)O)c2C)cc1Br. The number of nitrogens with zero attached hydrogens (tertiary/aromatic N) is 1. The Morgan fingerprint density at radius 3 is 2.72 bits per heavy atom. The van der Waals surface area contributed by atoms with Crippen molar-refractivity contribution < 1.29 is 19.2 Å². The van der Waals surface area contributed by atoms with Crippen LogP contribution in [0.2, 0.25) is 0 Å². The first kappa shape index (κ1) is 12.6. The standard InChI is InChI=1S/C12H10BrNO4/c1-6-10(12(15)16)14-18-11(6)7-3-4-9(17-2)8(13)5-7/h3-5H,1-2H3,(H,15,16). The minimum atomic E-state index is -1.10. The zero-order valence-electron chi connectivity index (χ0n) is 9.73. The summed E-state index contributed by atoms with van der Waals surface area (Å²) in [6.07, 6.45) is 0. The van der Waals surface area contributed by atoms with Crippen molar-refractivity contribution in [2.75, 3.05) is 7.11 Å². The van der Waals surface area contributed by atoms with Gasteiger partial charge in [0.1, 0.15) is 5.75 Å². The predicted molar refractivity (Wildman–Crippen MR) is 67.9 cm³/mol. The minimum absolute atomic E-state index is 0.0723. The van der Waals surface area contributed by atoms with Gasteiger partial charge in [-0.3, -0.25) is 0 Å². The van der Waals surface area contributed by atoms with Gasteiger partial charge in [-0.1, -0.05) is 5.16 Å². The van der Waals surface area contributed by atoms with Gasteiger partial charge in [0.05, 0.1) is 11.6 Å². The van der Waals surface area contributed by atoms with Crippen molar-refractivity contribution in [3.05, 3.63) is 33.9 Å². The predicted octanol–water partition coefficient (Wildman–Crippen LogP) is 3.12. The Bertz CT molecular complexity index is 606. The lowest BCUT2D eigenvalue weighted by Crippen LogP contribution is -1.98. The lowest BCUT2D eigenvalue weighted by atomic mass is 10.1. The van der Waals surface area contributed by atoms with Crippen LogP contribution in [0.15, 0.2) is 27.2 Å². The van der Waals surface area contributed by atoms with Gasteiger partial charge in [-0.05, 0) is 41.1 Å². The Balaban J connectivity index is 2.49. The van der Waals surface area contributed by atoms with Gasteiger partial charge in [-0.15, -0.1) is 0 Å². The molecule has 0 aliphatic rings. The maximum Gasteiger partial charge on any atom is 0.358 e. The van der Waals surface area contributed by atoms with Gasteiger partial charge in [0, 0.05) is 11.1 Å². The summed E-state index contributed by atoms with van der Waals surface area (Å²) in [5, 5.41) is 12.5. The molecule has 0 amide bonds. The first-order valence-electron chi connectivity index (χ1n) is 5.08. The number of methoxy groups -OCH3 is 1. The smallest absolute Gasteiger partial charge is 0.358 e. The number of hydrogen-bond acceptors (Lipinski definition) is 4. The van der Waals surface area contributed by atoms with Crippen LogP contribution in [0.3, 0.4) is 0 Å². The Morgan fingerprint density at radius 1 is 1.50 bits per heavy atom. The van der Waals surface area contributed by atoms with Crippen LogP contribution in [-0.2, 0) is 0 Å². The number of aromatic carboxylic acids is 1. The molecule has 2 aromatic rings. The van der Waals surface area contributed by atoms with Crippen LogP contribution in [-0.4, -0.2) is 23.3 Å². The van der Waals surface area contributed by atoms with Crippen molar-refractivity contribution in [1.82, 2.24) is 5.16 Å². The van der Waals surface area contributed by atoms with Crippen molar-refractivity contribution >= 4 is 21.9 Å². The lowest BCUT2D eigenvalue weighted by molar-refractivity contribution is 0.0685. The summed E-state index contributed by atoms with van der Waals surface area (Å²) >= 11 is 3.36. The van der Waals surface area contributed by atoms with Crippen LogP contribution in [0.5, 0.6) is 5.75 Å². The van der Waals surface area contributed by atoms with Crippen LogP contribution >= 0.6 is 15.9 Å². The molecule has 5 nitrogen and oxygen atoms in total. The summed E-state index contributed by atoms with van der Waals surface area (Å²) in [4.78, 5) is 10.9. The van der Waals surface area contributed by atoms with E-state index < -0.39 is 5.97 Å². The molecule has 0 radical (unpaired) electrons. The second kappa shape index (κ2) is 4.81. The molecule has 1 heterocycles. The zero-order chi connectivity index (χ0) is 13.3. The number of carboxylic acid groups (broad SMARTS) is 1. The van der Waals surface area contributed by atoms with Gasteiger partial charge >= 0.3 is 5.97 Å². The molecule has 1 aromatic heterocycles. The molecule has 6 heteroatoms. The fourth-order valence-corrected chi connectivity index (χ4v) is 2.15. The molecule has 94 valence electrons. The molecular formula is C12H10BrNO4. The van der Waals surface area contributed by atoms with Crippen molar-refractivity contribution in [3.8, 4) is 17.1 Å². The molecule has 1 N–H and O–H groups in total. The van der Waals surface area contributed by atoms with Crippen LogP contribution in [0, 0.1) is 6.92 Å². The molecule has 0 aliphatic carbocycles. The van der Waals surface area contributed by atoms with Crippen LogP contribution in [0.1, 0.15) is 16.1 Å². The van der Waals surface area contributed by atoms with E-state index in [1.807, 2.05) is 0 Å². The summed E-state index contributed by atoms with van der Waals surface area (Å²) in [5.74, 6) is 0.0280. The number of benzene rings is 1. The molecule has 2 rings (SSSR count). The summed E-state index contributed by atoms with van der Waals surface area (Å²) in [6.45, 7) is 1.66. The average molecular weight is 312 g/mol. The highest BCUT2D eigenvalue weighted by atomic mass is 79.9. The number of halogens is 1. The second-order valence-electron chi connectivity index (χ2n) is 3.64. The van der Waals surface area contributed by atoms with E-state index in [2.05, 4.69) is 21.1 Å². The van der Waals surface area contributed by atoms with E-state index in [4.69, 9.17) is 14.4 Å². The zero-order valence-corrected chi connectivity index (χ0v) is 11.3. The fraction of sp³-hybridized carbons (Fsp3) is 0.167. The summed E-state index contributed by atoms with van der Waals surface area (Å²) in [5.41, 5.74) is 1.16. The van der Waals surface area contributed by atoms with E-state index in [9.17, 15) is 4.79 Å². The van der Waals surface area contributed by atoms with Gasteiger partial charge < -0.3 is 14.4 Å². The van der Waals surface area contributed by atoms with E-state index in [-0.39, 0.29) is 5.69 Å². The highest BCUT2D eigenvalue weighted by Crippen LogP contribution is 2.32. The number of aromatic nitrogens is 1. The Labute approximate surface area is 111 Å². The monoisotopic (exact) mass is 311 g/mol. The Morgan fingerprint density at radius 2 is 2.22 bits per heavy atom. The van der Waals surface area contributed by atoms with Gasteiger partial charge in [0.15, 0.2) is 11.5 Å². The van der Waals surface area contributed by atoms with E-state index in [0.29, 0.717) is 17.1 Å². The molecular weight excluding hydrogens is 302 g/mol. The summed E-state index contributed by atoms with van der Waals surface area (Å²) < 4.78 is 11.0. The quantitative estimate of drug-likeness (QED) is 0.942. The number of rotatable bonds is 3. The third kappa shape index (κ3) is 2.11. The Hall–Kier alpha value is -1.82. The molecule has 0 bridgehead atoms. The van der Waals surface area contributed by atoms with Crippen molar-refractivity contribution in [2.24, 2.45) is 0 Å².